The maximum Gasteiger partial charge on any atom is 0.261 e. The van der Waals surface area contributed by atoms with E-state index < -0.39 is 21.7 Å². The number of carbonyl (C=O) groups is 1. The van der Waals surface area contributed by atoms with E-state index in [1.54, 1.807) is 12.1 Å². The van der Waals surface area contributed by atoms with Crippen molar-refractivity contribution in [3.8, 4) is 0 Å². The highest BCUT2D eigenvalue weighted by atomic mass is 32.2. The summed E-state index contributed by atoms with van der Waals surface area (Å²) in [5.41, 5.74) is 1.26. The van der Waals surface area contributed by atoms with Crippen molar-refractivity contribution >= 4 is 21.6 Å². The van der Waals surface area contributed by atoms with Crippen LogP contribution in [0.4, 0.5) is 14.5 Å². The molecule has 29 heavy (non-hydrogen) atoms. The van der Waals surface area contributed by atoms with Gasteiger partial charge in [0.2, 0.25) is 0 Å². The first-order valence-corrected chi connectivity index (χ1v) is 10.2. The molecule has 3 aromatic carbocycles. The number of amides is 1. The molecule has 0 radical (unpaired) electrons. The van der Waals surface area contributed by atoms with E-state index in [0.717, 1.165) is 17.7 Å². The molecule has 0 aliphatic carbocycles. The third-order valence-corrected chi connectivity index (χ3v) is 5.49. The molecule has 0 saturated carbocycles. The fourth-order valence-corrected chi connectivity index (χ4v) is 3.71. The van der Waals surface area contributed by atoms with Gasteiger partial charge in [-0.2, -0.15) is 0 Å². The monoisotopic (exact) mass is 416 g/mol. The van der Waals surface area contributed by atoms with Gasteiger partial charge in [-0.15, -0.1) is 0 Å². The minimum Gasteiger partial charge on any atom is -0.352 e. The molecule has 0 saturated heterocycles. The van der Waals surface area contributed by atoms with Gasteiger partial charge < -0.3 is 5.32 Å². The van der Waals surface area contributed by atoms with Crippen LogP contribution in [0.15, 0.2) is 77.7 Å². The number of halogens is 2. The molecule has 0 atom stereocenters. The van der Waals surface area contributed by atoms with Gasteiger partial charge in [0.05, 0.1) is 4.90 Å². The van der Waals surface area contributed by atoms with Crippen LogP contribution in [0.2, 0.25) is 0 Å². The SMILES string of the molecule is O=C(NCCc1ccc(F)cc1)c1cccc(S(=O)(=O)Nc2ccc(F)cc2)c1. The molecule has 3 rings (SSSR count). The molecule has 2 N–H and O–H groups in total. The summed E-state index contributed by atoms with van der Waals surface area (Å²) in [6.07, 6.45) is 0.510. The van der Waals surface area contributed by atoms with Gasteiger partial charge in [0.15, 0.2) is 0 Å². The van der Waals surface area contributed by atoms with E-state index in [9.17, 15) is 22.0 Å². The molecule has 1 amide bonds. The lowest BCUT2D eigenvalue weighted by molar-refractivity contribution is 0.0954. The summed E-state index contributed by atoms with van der Waals surface area (Å²) in [4.78, 5) is 12.2. The maximum atomic E-state index is 13.0. The quantitative estimate of drug-likeness (QED) is 0.616. The van der Waals surface area contributed by atoms with Crippen molar-refractivity contribution in [1.29, 1.82) is 0 Å². The normalized spacial score (nSPS) is 11.1. The standard InChI is InChI=1S/C21H18F2N2O3S/c22-17-6-4-15(5-7-17)12-13-24-21(26)16-2-1-3-20(14-16)29(27,28)25-19-10-8-18(23)9-11-19/h1-11,14,25H,12-13H2,(H,24,26). The van der Waals surface area contributed by atoms with Crippen molar-refractivity contribution in [2.45, 2.75) is 11.3 Å². The second-order valence-electron chi connectivity index (χ2n) is 6.27. The minimum atomic E-state index is -3.94. The number of hydrogen-bond acceptors (Lipinski definition) is 3. The van der Waals surface area contributed by atoms with Gasteiger partial charge in [0.1, 0.15) is 11.6 Å². The lowest BCUT2D eigenvalue weighted by atomic mass is 10.1. The zero-order valence-corrected chi connectivity index (χ0v) is 16.0. The average molecular weight is 416 g/mol. The van der Waals surface area contributed by atoms with E-state index >= 15 is 0 Å². The summed E-state index contributed by atoms with van der Waals surface area (Å²) in [6, 6.07) is 16.5. The molecule has 0 aliphatic rings. The Kier molecular flexibility index (Phi) is 6.23. The van der Waals surface area contributed by atoms with E-state index in [1.807, 2.05) is 0 Å². The topological polar surface area (TPSA) is 75.3 Å². The summed E-state index contributed by atoms with van der Waals surface area (Å²) in [5, 5.41) is 2.71. The number of benzene rings is 3. The molecule has 0 aliphatic heterocycles. The number of carbonyl (C=O) groups excluding carboxylic acids is 1. The van der Waals surface area contributed by atoms with Gasteiger partial charge in [-0.05, 0) is 66.6 Å². The first-order valence-electron chi connectivity index (χ1n) is 8.74. The molecule has 150 valence electrons. The van der Waals surface area contributed by atoms with Crippen LogP contribution in [0, 0.1) is 11.6 Å². The summed E-state index contributed by atoms with van der Waals surface area (Å²) >= 11 is 0. The molecule has 0 aromatic heterocycles. The summed E-state index contributed by atoms with van der Waals surface area (Å²) in [6.45, 7) is 0.315. The Morgan fingerprint density at radius 3 is 2.14 bits per heavy atom. The van der Waals surface area contributed by atoms with Crippen molar-refractivity contribution in [3.05, 3.63) is 95.6 Å². The molecule has 8 heteroatoms. The highest BCUT2D eigenvalue weighted by Crippen LogP contribution is 2.17. The van der Waals surface area contributed by atoms with E-state index in [0.29, 0.717) is 13.0 Å². The van der Waals surface area contributed by atoms with Crippen LogP contribution in [0.25, 0.3) is 0 Å². The Bertz CT molecular complexity index is 1100. The summed E-state index contributed by atoms with van der Waals surface area (Å²) in [7, 11) is -3.94. The fourth-order valence-electron chi connectivity index (χ4n) is 2.61. The van der Waals surface area contributed by atoms with E-state index in [4.69, 9.17) is 0 Å². The van der Waals surface area contributed by atoms with Crippen LogP contribution in [0.1, 0.15) is 15.9 Å². The molecular formula is C21H18F2N2O3S. The highest BCUT2D eigenvalue weighted by molar-refractivity contribution is 7.92. The highest BCUT2D eigenvalue weighted by Gasteiger charge is 2.16. The third kappa shape index (κ3) is 5.61. The molecule has 0 bridgehead atoms. The Hall–Kier alpha value is -3.26. The smallest absolute Gasteiger partial charge is 0.261 e. The Labute approximate surface area is 167 Å². The molecule has 0 unspecified atom stereocenters. The number of hydrogen-bond donors (Lipinski definition) is 2. The molecule has 5 nitrogen and oxygen atoms in total. The molecule has 0 fully saturated rings. The minimum absolute atomic E-state index is 0.0898. The molecule has 0 heterocycles. The van der Waals surface area contributed by atoms with Crippen LogP contribution in [-0.4, -0.2) is 20.9 Å². The largest absolute Gasteiger partial charge is 0.352 e. The van der Waals surface area contributed by atoms with Crippen LogP contribution < -0.4 is 10.0 Å². The van der Waals surface area contributed by atoms with Crippen molar-refractivity contribution in [3.63, 3.8) is 0 Å². The average Bonchev–Trinajstić information content (AvgIpc) is 2.71. The van der Waals surface area contributed by atoms with Crippen molar-refractivity contribution in [2.24, 2.45) is 0 Å². The molecule has 0 spiro atoms. The van der Waals surface area contributed by atoms with Gasteiger partial charge in [0, 0.05) is 17.8 Å². The number of sulfonamides is 1. The second kappa shape index (κ2) is 8.83. The lowest BCUT2D eigenvalue weighted by Gasteiger charge is -2.10. The van der Waals surface area contributed by atoms with Crippen LogP contribution >= 0.6 is 0 Å². The molecular weight excluding hydrogens is 398 g/mol. The summed E-state index contributed by atoms with van der Waals surface area (Å²) < 4.78 is 53.3. The van der Waals surface area contributed by atoms with Gasteiger partial charge >= 0.3 is 0 Å². The lowest BCUT2D eigenvalue weighted by Crippen LogP contribution is -2.26. The van der Waals surface area contributed by atoms with Crippen molar-refractivity contribution in [1.82, 2.24) is 5.32 Å². The second-order valence-corrected chi connectivity index (χ2v) is 7.95. The van der Waals surface area contributed by atoms with E-state index in [2.05, 4.69) is 10.0 Å². The van der Waals surface area contributed by atoms with Crippen LogP contribution in [0.3, 0.4) is 0 Å². The fraction of sp³-hybridized carbons (Fsp3) is 0.0952. The zero-order chi connectivity index (χ0) is 20.9. The Morgan fingerprint density at radius 1 is 0.862 bits per heavy atom. The first-order chi connectivity index (χ1) is 13.8. The Balaban J connectivity index is 1.65. The van der Waals surface area contributed by atoms with Gasteiger partial charge in [-0.25, -0.2) is 17.2 Å². The van der Waals surface area contributed by atoms with E-state index in [-0.39, 0.29) is 22.0 Å². The number of anilines is 1. The number of nitrogens with one attached hydrogen (secondary N) is 2. The van der Waals surface area contributed by atoms with Crippen molar-refractivity contribution < 1.29 is 22.0 Å². The third-order valence-electron chi connectivity index (χ3n) is 4.12. The first kappa shape index (κ1) is 20.5. The van der Waals surface area contributed by atoms with Crippen LogP contribution in [0.5, 0.6) is 0 Å². The predicted molar refractivity (Wildman–Crippen MR) is 106 cm³/mol. The van der Waals surface area contributed by atoms with E-state index in [1.165, 1.54) is 48.5 Å². The zero-order valence-electron chi connectivity index (χ0n) is 15.2. The maximum absolute atomic E-state index is 13.0. The number of rotatable bonds is 7. The van der Waals surface area contributed by atoms with Gasteiger partial charge in [0.25, 0.3) is 15.9 Å². The predicted octanol–water partition coefficient (Wildman–Crippen LogP) is 3.74. The van der Waals surface area contributed by atoms with Crippen LogP contribution in [-0.2, 0) is 16.4 Å². The Morgan fingerprint density at radius 2 is 1.48 bits per heavy atom. The van der Waals surface area contributed by atoms with Gasteiger partial charge in [-0.1, -0.05) is 18.2 Å². The summed E-state index contributed by atoms with van der Waals surface area (Å²) in [5.74, 6) is -1.23. The molecule has 3 aromatic rings. The van der Waals surface area contributed by atoms with Gasteiger partial charge in [-0.3, -0.25) is 9.52 Å². The van der Waals surface area contributed by atoms with Crippen molar-refractivity contribution in [2.75, 3.05) is 11.3 Å².